The summed E-state index contributed by atoms with van der Waals surface area (Å²) in [5.41, 5.74) is 1.00. The third-order valence-corrected chi connectivity index (χ3v) is 2.50. The molecule has 3 aromatic rings. The van der Waals surface area contributed by atoms with Gasteiger partial charge in [-0.3, -0.25) is 20.4 Å². The fourth-order valence-corrected chi connectivity index (χ4v) is 1.68. The molecule has 0 saturated carbocycles. The summed E-state index contributed by atoms with van der Waals surface area (Å²) in [6.45, 7) is 0. The van der Waals surface area contributed by atoms with Gasteiger partial charge in [-0.15, -0.1) is 0 Å². The van der Waals surface area contributed by atoms with Gasteiger partial charge in [0.25, 0.3) is 5.69 Å². The fourth-order valence-electron chi connectivity index (χ4n) is 1.68. The summed E-state index contributed by atoms with van der Waals surface area (Å²) >= 11 is 0. The van der Waals surface area contributed by atoms with E-state index >= 15 is 0 Å². The molecule has 2 aromatic heterocycles. The highest BCUT2D eigenvalue weighted by atomic mass is 16.6. The molecule has 2 heterocycles. The molecule has 0 aliphatic carbocycles. The Hall–Kier alpha value is -3.10. The number of tetrazole rings is 1. The monoisotopic (exact) mass is 256 g/mol. The van der Waals surface area contributed by atoms with E-state index in [4.69, 9.17) is 0 Å². The second-order valence-corrected chi connectivity index (χ2v) is 3.61. The molecule has 9 heteroatoms. The van der Waals surface area contributed by atoms with E-state index in [0.29, 0.717) is 11.3 Å². The number of rotatable bonds is 3. The number of aromatic nitrogens is 6. The molecule has 0 N–H and O–H groups in total. The highest BCUT2D eigenvalue weighted by Crippen LogP contribution is 2.27. The van der Waals surface area contributed by atoms with Crippen LogP contribution in [-0.2, 0) is 0 Å². The van der Waals surface area contributed by atoms with Crippen LogP contribution < -0.4 is 5.10 Å². The van der Waals surface area contributed by atoms with E-state index in [9.17, 15) is 10.1 Å². The number of hydrogen-bond acceptors (Lipinski definition) is 6. The van der Waals surface area contributed by atoms with Crippen molar-refractivity contribution in [2.24, 2.45) is 0 Å². The largest absolute Gasteiger partial charge is 0.330 e. The number of non-ortho nitro benzene ring substituents is 1. The number of nitrogens with zero attached hydrogens (tertiary/aromatic N) is 7. The van der Waals surface area contributed by atoms with Crippen LogP contribution in [-0.4, -0.2) is 30.2 Å². The molecular weight excluding hydrogens is 250 g/mol. The van der Waals surface area contributed by atoms with Crippen LogP contribution in [0.5, 0.6) is 0 Å². The lowest BCUT2D eigenvalue weighted by Gasteiger charge is -2.09. The Kier molecular flexibility index (Phi) is 2.49. The molecule has 0 bridgehead atoms. The summed E-state index contributed by atoms with van der Waals surface area (Å²) in [6, 6.07) is 6.09. The molecule has 0 aliphatic rings. The quantitative estimate of drug-likeness (QED) is 0.497. The normalized spacial score (nSPS) is 10.5. The van der Waals surface area contributed by atoms with E-state index < -0.39 is 4.92 Å². The molecule has 0 saturated heterocycles. The van der Waals surface area contributed by atoms with E-state index in [1.807, 2.05) is 0 Å². The van der Waals surface area contributed by atoms with Gasteiger partial charge in [0, 0.05) is 35.9 Å². The van der Waals surface area contributed by atoms with Crippen LogP contribution in [0.2, 0.25) is 0 Å². The molecule has 0 atom stereocenters. The summed E-state index contributed by atoms with van der Waals surface area (Å²) in [6.07, 6.45) is 3.32. The summed E-state index contributed by atoms with van der Waals surface area (Å²) < 4.78 is 1.56. The smallest absolute Gasteiger partial charge is 0.270 e. The topological polar surface area (TPSA) is 114 Å². The lowest BCUT2D eigenvalue weighted by atomic mass is 10.1. The van der Waals surface area contributed by atoms with Crippen LogP contribution in [0.25, 0.3) is 17.1 Å². The van der Waals surface area contributed by atoms with Crippen molar-refractivity contribution in [3.8, 4) is 17.1 Å². The number of hydrogen-bond donors (Lipinski definition) is 0. The number of nitro groups is 1. The van der Waals surface area contributed by atoms with Crippen molar-refractivity contribution < 1.29 is 4.92 Å². The van der Waals surface area contributed by atoms with Crippen LogP contribution in [0, 0.1) is 10.1 Å². The molecule has 0 radical (unpaired) electrons. The number of benzene rings is 1. The zero-order valence-corrected chi connectivity index (χ0v) is 9.41. The van der Waals surface area contributed by atoms with Crippen molar-refractivity contribution in [1.82, 2.24) is 30.4 Å². The third kappa shape index (κ3) is 1.92. The minimum atomic E-state index is -0.486. The summed E-state index contributed by atoms with van der Waals surface area (Å²) in [5.74, 6) is 0.217. The van der Waals surface area contributed by atoms with Gasteiger partial charge in [0.05, 0.1) is 10.6 Å². The maximum atomic E-state index is 10.8. The molecule has 94 valence electrons. The minimum Gasteiger partial charge on any atom is -0.330 e. The third-order valence-electron chi connectivity index (χ3n) is 2.50. The van der Waals surface area contributed by atoms with Gasteiger partial charge in [-0.2, -0.15) is 10.3 Å². The first-order valence-corrected chi connectivity index (χ1v) is 5.23. The Morgan fingerprint density at radius 3 is 2.89 bits per heavy atom. The molecule has 0 aliphatic heterocycles. The Bertz CT molecular complexity index is 706. The Labute approximate surface area is 106 Å². The van der Waals surface area contributed by atoms with E-state index in [1.54, 1.807) is 29.2 Å². The zero-order chi connectivity index (χ0) is 13.2. The van der Waals surface area contributed by atoms with Crippen LogP contribution in [0.3, 0.4) is 0 Å². The SMILES string of the molecule is O=[N+]([O-])c1ccc(-n2cccn2)c(-c2nnn[n-]2)c1. The van der Waals surface area contributed by atoms with Gasteiger partial charge in [-0.1, -0.05) is 0 Å². The highest BCUT2D eigenvalue weighted by Gasteiger charge is 2.13. The van der Waals surface area contributed by atoms with Crippen molar-refractivity contribution in [3.63, 3.8) is 0 Å². The predicted octanol–water partition coefficient (Wildman–Crippen LogP) is 0.590. The average Bonchev–Trinajstić information content (AvgIpc) is 3.11. The highest BCUT2D eigenvalue weighted by molar-refractivity contribution is 5.69. The van der Waals surface area contributed by atoms with Crippen LogP contribution >= 0.6 is 0 Å². The molecule has 0 amide bonds. The fraction of sp³-hybridized carbons (Fsp3) is 0. The van der Waals surface area contributed by atoms with Gasteiger partial charge in [-0.05, 0) is 12.1 Å². The van der Waals surface area contributed by atoms with Gasteiger partial charge < -0.3 is 5.10 Å². The second-order valence-electron chi connectivity index (χ2n) is 3.61. The van der Waals surface area contributed by atoms with Crippen molar-refractivity contribution in [2.75, 3.05) is 0 Å². The van der Waals surface area contributed by atoms with Gasteiger partial charge in [0.2, 0.25) is 0 Å². The van der Waals surface area contributed by atoms with Crippen molar-refractivity contribution in [2.45, 2.75) is 0 Å². The Morgan fingerprint density at radius 1 is 1.37 bits per heavy atom. The Balaban J connectivity index is 2.22. The molecule has 3 rings (SSSR count). The van der Waals surface area contributed by atoms with Gasteiger partial charge >= 0.3 is 0 Å². The first-order valence-electron chi connectivity index (χ1n) is 5.23. The number of nitro benzene ring substituents is 1. The first kappa shape index (κ1) is 11.0. The van der Waals surface area contributed by atoms with E-state index in [2.05, 4.69) is 25.7 Å². The van der Waals surface area contributed by atoms with E-state index in [0.717, 1.165) is 0 Å². The van der Waals surface area contributed by atoms with Crippen molar-refractivity contribution in [3.05, 3.63) is 46.8 Å². The lowest BCUT2D eigenvalue weighted by molar-refractivity contribution is -0.384. The molecule has 19 heavy (non-hydrogen) atoms. The maximum absolute atomic E-state index is 10.8. The second kappa shape index (κ2) is 4.29. The first-order chi connectivity index (χ1) is 9.25. The molecular formula is C10H6N7O2-. The van der Waals surface area contributed by atoms with Crippen LogP contribution in [0.1, 0.15) is 0 Å². The maximum Gasteiger partial charge on any atom is 0.270 e. The summed E-state index contributed by atoms with van der Waals surface area (Å²) in [4.78, 5) is 10.3. The van der Waals surface area contributed by atoms with Crippen LogP contribution in [0.15, 0.2) is 36.7 Å². The molecule has 1 aromatic carbocycles. The summed E-state index contributed by atoms with van der Waals surface area (Å²) in [5, 5.41) is 29.1. The standard InChI is InChI=1S/C10H6N7O2/c18-17(19)7-2-3-9(16-5-1-4-11-16)8(6-7)10-12-14-15-13-10/h1-6H/q-1. The van der Waals surface area contributed by atoms with E-state index in [1.165, 1.54) is 12.1 Å². The van der Waals surface area contributed by atoms with E-state index in [-0.39, 0.29) is 11.5 Å². The molecule has 0 fully saturated rings. The van der Waals surface area contributed by atoms with Crippen molar-refractivity contribution in [1.29, 1.82) is 0 Å². The van der Waals surface area contributed by atoms with Gasteiger partial charge in [-0.25, -0.2) is 4.68 Å². The van der Waals surface area contributed by atoms with Crippen molar-refractivity contribution >= 4 is 5.69 Å². The molecule has 0 unspecified atom stereocenters. The van der Waals surface area contributed by atoms with Gasteiger partial charge in [0.15, 0.2) is 0 Å². The lowest BCUT2D eigenvalue weighted by Crippen LogP contribution is -2.00. The average molecular weight is 256 g/mol. The zero-order valence-electron chi connectivity index (χ0n) is 9.41. The van der Waals surface area contributed by atoms with Crippen LogP contribution in [0.4, 0.5) is 5.69 Å². The predicted molar refractivity (Wildman–Crippen MR) is 62.4 cm³/mol. The van der Waals surface area contributed by atoms with Gasteiger partial charge in [0.1, 0.15) is 0 Å². The summed E-state index contributed by atoms with van der Waals surface area (Å²) in [7, 11) is 0. The molecule has 9 nitrogen and oxygen atoms in total. The minimum absolute atomic E-state index is 0.0595. The Morgan fingerprint density at radius 2 is 2.26 bits per heavy atom. The molecule has 0 spiro atoms.